The fourth-order valence-corrected chi connectivity index (χ4v) is 3.72. The Hall–Kier alpha value is -2.53. The summed E-state index contributed by atoms with van der Waals surface area (Å²) in [5, 5.41) is 6.34. The number of piperidine rings is 1. The Balaban J connectivity index is 1.33. The molecule has 2 N–H and O–H groups in total. The van der Waals surface area contributed by atoms with Gasteiger partial charge in [-0.2, -0.15) is 0 Å². The molecule has 5 heteroatoms. The smallest absolute Gasteiger partial charge is 0.253 e. The Morgan fingerprint density at radius 1 is 0.852 bits per heavy atom. The van der Waals surface area contributed by atoms with Gasteiger partial charge in [0.05, 0.1) is 0 Å². The number of anilines is 4. The van der Waals surface area contributed by atoms with Gasteiger partial charge >= 0.3 is 0 Å². The molecule has 5 nitrogen and oxygen atoms in total. The summed E-state index contributed by atoms with van der Waals surface area (Å²) in [6.45, 7) is 3.00. The predicted octanol–water partition coefficient (Wildman–Crippen LogP) is 4.54. The molecule has 2 heterocycles. The number of rotatable bonds is 5. The highest BCUT2D eigenvalue weighted by molar-refractivity contribution is 5.94. The lowest BCUT2D eigenvalue weighted by Gasteiger charge is -2.28. The van der Waals surface area contributed by atoms with Crippen LogP contribution in [0.25, 0.3) is 0 Å². The van der Waals surface area contributed by atoms with Crippen molar-refractivity contribution in [1.29, 1.82) is 0 Å². The highest BCUT2D eigenvalue weighted by Gasteiger charge is 2.23. The summed E-state index contributed by atoms with van der Waals surface area (Å²) in [4.78, 5) is 14.6. The van der Waals surface area contributed by atoms with Crippen LogP contribution in [0.3, 0.4) is 0 Å². The molecule has 0 bridgehead atoms. The first kappa shape index (κ1) is 17.9. The monoisotopic (exact) mass is 365 g/mol. The van der Waals surface area contributed by atoms with E-state index in [-0.39, 0.29) is 12.0 Å². The lowest BCUT2D eigenvalue weighted by Crippen LogP contribution is -2.29. The zero-order valence-electron chi connectivity index (χ0n) is 15.6. The number of nitrogens with zero attached hydrogens (tertiary/aromatic N) is 1. The van der Waals surface area contributed by atoms with Crippen molar-refractivity contribution in [2.75, 3.05) is 35.2 Å². The average Bonchev–Trinajstić information content (AvgIpc) is 3.26. The van der Waals surface area contributed by atoms with Gasteiger partial charge in [0.1, 0.15) is 6.10 Å². The summed E-state index contributed by atoms with van der Waals surface area (Å²) in [5.41, 5.74) is 4.15. The first-order valence-corrected chi connectivity index (χ1v) is 9.92. The summed E-state index contributed by atoms with van der Waals surface area (Å²) >= 11 is 0. The maximum absolute atomic E-state index is 12.1. The van der Waals surface area contributed by atoms with Crippen LogP contribution < -0.4 is 15.5 Å². The highest BCUT2D eigenvalue weighted by atomic mass is 16.5. The fraction of sp³-hybridized carbons (Fsp3) is 0.409. The molecular formula is C22H27N3O2. The van der Waals surface area contributed by atoms with E-state index < -0.39 is 0 Å². The summed E-state index contributed by atoms with van der Waals surface area (Å²) in [6, 6.07) is 16.4. The van der Waals surface area contributed by atoms with Crippen LogP contribution >= 0.6 is 0 Å². The van der Waals surface area contributed by atoms with Gasteiger partial charge in [-0.1, -0.05) is 0 Å². The van der Waals surface area contributed by atoms with E-state index in [0.717, 1.165) is 43.0 Å². The summed E-state index contributed by atoms with van der Waals surface area (Å²) in [5.74, 6) is -0.0542. The van der Waals surface area contributed by atoms with Crippen LogP contribution in [-0.4, -0.2) is 31.7 Å². The molecule has 0 radical (unpaired) electrons. The molecule has 1 unspecified atom stereocenters. The molecule has 2 aliphatic heterocycles. The molecule has 0 aromatic heterocycles. The second-order valence-electron chi connectivity index (χ2n) is 7.29. The molecule has 0 spiro atoms. The van der Waals surface area contributed by atoms with Crippen LogP contribution in [0.1, 0.15) is 32.1 Å². The summed E-state index contributed by atoms with van der Waals surface area (Å²) in [6.07, 6.45) is 5.38. The minimum atomic E-state index is -0.304. The Morgan fingerprint density at radius 3 is 2.11 bits per heavy atom. The minimum absolute atomic E-state index is 0.0542. The lowest BCUT2D eigenvalue weighted by molar-refractivity contribution is -0.124. The van der Waals surface area contributed by atoms with Crippen molar-refractivity contribution >= 4 is 28.7 Å². The van der Waals surface area contributed by atoms with Crippen molar-refractivity contribution in [3.8, 4) is 0 Å². The molecule has 2 aliphatic rings. The maximum atomic E-state index is 12.1. The van der Waals surface area contributed by atoms with Gasteiger partial charge in [-0.3, -0.25) is 4.79 Å². The molecular weight excluding hydrogens is 338 g/mol. The van der Waals surface area contributed by atoms with E-state index in [9.17, 15) is 4.79 Å². The largest absolute Gasteiger partial charge is 0.372 e. The van der Waals surface area contributed by atoms with Gasteiger partial charge in [0, 0.05) is 42.4 Å². The van der Waals surface area contributed by atoms with E-state index >= 15 is 0 Å². The maximum Gasteiger partial charge on any atom is 0.253 e. The van der Waals surface area contributed by atoms with Gasteiger partial charge in [-0.05, 0) is 80.6 Å². The normalized spacial score (nSPS) is 19.7. The second kappa shape index (κ2) is 8.44. The predicted molar refractivity (Wildman–Crippen MR) is 110 cm³/mol. The molecule has 1 amide bonds. The first-order valence-electron chi connectivity index (χ1n) is 9.92. The van der Waals surface area contributed by atoms with E-state index in [2.05, 4.69) is 39.8 Å². The number of benzene rings is 2. The number of carbonyl (C=O) groups excluding carboxylic acids is 1. The molecule has 2 saturated heterocycles. The van der Waals surface area contributed by atoms with Gasteiger partial charge in [-0.15, -0.1) is 0 Å². The van der Waals surface area contributed by atoms with Crippen molar-refractivity contribution in [2.45, 2.75) is 38.2 Å². The number of ether oxygens (including phenoxy) is 1. The topological polar surface area (TPSA) is 53.6 Å². The van der Waals surface area contributed by atoms with Crippen LogP contribution in [0, 0.1) is 0 Å². The van der Waals surface area contributed by atoms with Crippen molar-refractivity contribution in [3.05, 3.63) is 48.5 Å². The van der Waals surface area contributed by atoms with E-state index in [1.807, 2.05) is 24.3 Å². The van der Waals surface area contributed by atoms with Crippen molar-refractivity contribution in [2.24, 2.45) is 0 Å². The van der Waals surface area contributed by atoms with Gasteiger partial charge in [0.25, 0.3) is 5.91 Å². The summed E-state index contributed by atoms with van der Waals surface area (Å²) in [7, 11) is 0. The molecule has 2 aromatic rings. The van der Waals surface area contributed by atoms with Gasteiger partial charge in [0.2, 0.25) is 0 Å². The molecule has 142 valence electrons. The Kier molecular flexibility index (Phi) is 5.58. The van der Waals surface area contributed by atoms with Crippen molar-refractivity contribution in [3.63, 3.8) is 0 Å². The number of hydrogen-bond donors (Lipinski definition) is 2. The van der Waals surface area contributed by atoms with E-state index in [1.54, 1.807) is 0 Å². The van der Waals surface area contributed by atoms with E-state index in [1.165, 1.54) is 24.9 Å². The van der Waals surface area contributed by atoms with Crippen molar-refractivity contribution in [1.82, 2.24) is 0 Å². The zero-order valence-corrected chi connectivity index (χ0v) is 15.6. The molecule has 0 aliphatic carbocycles. The van der Waals surface area contributed by atoms with Crippen LogP contribution in [0.4, 0.5) is 22.7 Å². The summed E-state index contributed by atoms with van der Waals surface area (Å²) < 4.78 is 5.42. The number of nitrogens with one attached hydrogen (secondary N) is 2. The average molecular weight is 365 g/mol. The number of amides is 1. The van der Waals surface area contributed by atoms with E-state index in [0.29, 0.717) is 6.61 Å². The van der Waals surface area contributed by atoms with Crippen LogP contribution in [0.5, 0.6) is 0 Å². The minimum Gasteiger partial charge on any atom is -0.372 e. The third kappa shape index (κ3) is 4.61. The molecule has 0 saturated carbocycles. The van der Waals surface area contributed by atoms with Gasteiger partial charge in [0.15, 0.2) is 0 Å². The third-order valence-electron chi connectivity index (χ3n) is 5.25. The quantitative estimate of drug-likeness (QED) is 0.817. The van der Waals surface area contributed by atoms with Crippen LogP contribution in [0.15, 0.2) is 48.5 Å². The van der Waals surface area contributed by atoms with Crippen LogP contribution in [-0.2, 0) is 9.53 Å². The molecule has 2 aromatic carbocycles. The van der Waals surface area contributed by atoms with E-state index in [4.69, 9.17) is 4.74 Å². The molecule has 4 rings (SSSR count). The van der Waals surface area contributed by atoms with Gasteiger partial charge < -0.3 is 20.3 Å². The first-order chi connectivity index (χ1) is 13.3. The Labute approximate surface area is 160 Å². The number of carbonyl (C=O) groups is 1. The second-order valence-corrected chi connectivity index (χ2v) is 7.29. The number of hydrogen-bond acceptors (Lipinski definition) is 4. The standard InChI is InChI=1S/C22H27N3O2/c26-22(21-5-4-16-27-21)24-19-8-6-17(7-9-19)23-18-10-12-20(13-11-18)25-14-2-1-3-15-25/h6-13,21,23H,1-5,14-16H2,(H,24,26). The Morgan fingerprint density at radius 2 is 1.48 bits per heavy atom. The zero-order chi connectivity index (χ0) is 18.5. The fourth-order valence-electron chi connectivity index (χ4n) is 3.72. The molecule has 2 fully saturated rings. The lowest BCUT2D eigenvalue weighted by atomic mass is 10.1. The molecule has 1 atom stereocenters. The Bertz CT molecular complexity index is 746. The SMILES string of the molecule is O=C(Nc1ccc(Nc2ccc(N3CCCCC3)cc2)cc1)C1CCCO1. The van der Waals surface area contributed by atoms with Crippen molar-refractivity contribution < 1.29 is 9.53 Å². The third-order valence-corrected chi connectivity index (χ3v) is 5.25. The van der Waals surface area contributed by atoms with Gasteiger partial charge in [-0.25, -0.2) is 0 Å². The van der Waals surface area contributed by atoms with Crippen LogP contribution in [0.2, 0.25) is 0 Å². The highest BCUT2D eigenvalue weighted by Crippen LogP contribution is 2.24. The molecule has 27 heavy (non-hydrogen) atoms.